The molecule has 21 heavy (non-hydrogen) atoms. The van der Waals surface area contributed by atoms with Crippen LogP contribution in [0.3, 0.4) is 0 Å². The van der Waals surface area contributed by atoms with Gasteiger partial charge in [-0.3, -0.25) is 4.79 Å². The summed E-state index contributed by atoms with van der Waals surface area (Å²) in [5.74, 6) is 0.165. The average Bonchev–Trinajstić information content (AvgIpc) is 2.44. The van der Waals surface area contributed by atoms with Crippen molar-refractivity contribution in [2.24, 2.45) is 5.41 Å². The van der Waals surface area contributed by atoms with Crippen LogP contribution in [0.2, 0.25) is 0 Å². The van der Waals surface area contributed by atoms with E-state index in [1.165, 1.54) is 5.56 Å². The van der Waals surface area contributed by atoms with Gasteiger partial charge in [-0.05, 0) is 6.42 Å². The minimum absolute atomic E-state index is 0.165. The second kappa shape index (κ2) is 7.60. The van der Waals surface area contributed by atoms with E-state index < -0.39 is 0 Å². The van der Waals surface area contributed by atoms with Crippen molar-refractivity contribution in [3.05, 3.63) is 35.9 Å². The Kier molecular flexibility index (Phi) is 6.41. The van der Waals surface area contributed by atoms with E-state index >= 15 is 0 Å². The number of quaternary nitrogens is 1. The largest absolute Gasteiger partial charge is 0.355 e. The van der Waals surface area contributed by atoms with Crippen LogP contribution < -0.4 is 5.32 Å². The third-order valence-electron chi connectivity index (χ3n) is 4.18. The molecule has 0 bridgehead atoms. The molecule has 0 spiro atoms. The van der Waals surface area contributed by atoms with Crippen LogP contribution in [0.5, 0.6) is 0 Å². The van der Waals surface area contributed by atoms with Crippen molar-refractivity contribution in [1.29, 1.82) is 0 Å². The first-order chi connectivity index (χ1) is 9.77. The van der Waals surface area contributed by atoms with E-state index in [0.717, 1.165) is 37.0 Å². The van der Waals surface area contributed by atoms with Gasteiger partial charge in [-0.2, -0.15) is 0 Å². The average molecular weight is 291 g/mol. The number of nitrogens with zero attached hydrogens (tertiary/aromatic N) is 1. The van der Waals surface area contributed by atoms with E-state index in [4.69, 9.17) is 0 Å². The smallest absolute Gasteiger partial charge is 0.225 e. The predicted octanol–water partition coefficient (Wildman–Crippen LogP) is 3.21. The highest BCUT2D eigenvalue weighted by atomic mass is 16.2. The molecule has 0 aromatic heterocycles. The molecule has 0 fully saturated rings. The van der Waals surface area contributed by atoms with Crippen molar-refractivity contribution in [3.8, 4) is 0 Å². The molecule has 0 heterocycles. The van der Waals surface area contributed by atoms with Gasteiger partial charge < -0.3 is 9.80 Å². The van der Waals surface area contributed by atoms with Gasteiger partial charge in [0.25, 0.3) is 0 Å². The topological polar surface area (TPSA) is 29.1 Å². The van der Waals surface area contributed by atoms with Crippen LogP contribution in [0.15, 0.2) is 30.3 Å². The quantitative estimate of drug-likeness (QED) is 0.578. The summed E-state index contributed by atoms with van der Waals surface area (Å²) in [5, 5.41) is 3.06. The first kappa shape index (κ1) is 17.7. The first-order valence-electron chi connectivity index (χ1n) is 7.91. The zero-order chi connectivity index (χ0) is 15.9. The fourth-order valence-electron chi connectivity index (χ4n) is 2.27. The Morgan fingerprint density at radius 2 is 1.81 bits per heavy atom. The lowest BCUT2D eigenvalue weighted by Crippen LogP contribution is -2.42. The van der Waals surface area contributed by atoms with Gasteiger partial charge in [0.15, 0.2) is 0 Å². The maximum atomic E-state index is 12.0. The molecule has 118 valence electrons. The Morgan fingerprint density at radius 3 is 2.38 bits per heavy atom. The summed E-state index contributed by atoms with van der Waals surface area (Å²) in [6.45, 7) is 8.89. The van der Waals surface area contributed by atoms with Crippen molar-refractivity contribution >= 4 is 5.91 Å². The molecule has 1 rings (SSSR count). The monoisotopic (exact) mass is 291 g/mol. The maximum absolute atomic E-state index is 12.0. The van der Waals surface area contributed by atoms with Crippen molar-refractivity contribution in [3.63, 3.8) is 0 Å². The number of rotatable bonds is 8. The maximum Gasteiger partial charge on any atom is 0.225 e. The van der Waals surface area contributed by atoms with Crippen LogP contribution in [0.4, 0.5) is 0 Å². The van der Waals surface area contributed by atoms with E-state index in [2.05, 4.69) is 56.7 Å². The summed E-state index contributed by atoms with van der Waals surface area (Å²) in [4.78, 5) is 12.0. The summed E-state index contributed by atoms with van der Waals surface area (Å²) in [7, 11) is 4.48. The van der Waals surface area contributed by atoms with E-state index in [1.807, 2.05) is 13.8 Å². The van der Waals surface area contributed by atoms with Gasteiger partial charge in [0, 0.05) is 23.9 Å². The summed E-state index contributed by atoms with van der Waals surface area (Å²) in [5.41, 5.74) is 1.10. The molecule has 0 aliphatic heterocycles. The van der Waals surface area contributed by atoms with Crippen LogP contribution in [0, 0.1) is 5.41 Å². The minimum Gasteiger partial charge on any atom is -0.355 e. The number of hydrogen-bond donors (Lipinski definition) is 1. The summed E-state index contributed by atoms with van der Waals surface area (Å²) < 4.78 is 0.942. The van der Waals surface area contributed by atoms with Crippen molar-refractivity contribution in [2.45, 2.75) is 40.2 Å². The van der Waals surface area contributed by atoms with Crippen LogP contribution >= 0.6 is 0 Å². The molecule has 0 atom stereocenters. The van der Waals surface area contributed by atoms with Gasteiger partial charge in [0.2, 0.25) is 5.91 Å². The molecule has 1 N–H and O–H groups in total. The molecule has 0 aliphatic rings. The SMILES string of the molecule is CCC(C)(C)C(=O)NCCC[N+](C)(C)Cc1ccccc1. The molecule has 1 aromatic rings. The van der Waals surface area contributed by atoms with Crippen molar-refractivity contribution in [1.82, 2.24) is 5.32 Å². The van der Waals surface area contributed by atoms with E-state index in [1.54, 1.807) is 0 Å². The highest BCUT2D eigenvalue weighted by Crippen LogP contribution is 2.19. The number of hydrogen-bond acceptors (Lipinski definition) is 1. The third-order valence-corrected chi connectivity index (χ3v) is 4.18. The van der Waals surface area contributed by atoms with E-state index in [9.17, 15) is 4.79 Å². The van der Waals surface area contributed by atoms with Gasteiger partial charge in [0.1, 0.15) is 6.54 Å². The van der Waals surface area contributed by atoms with Crippen LogP contribution in [0.25, 0.3) is 0 Å². The Hall–Kier alpha value is -1.35. The molecule has 0 aliphatic carbocycles. The summed E-state index contributed by atoms with van der Waals surface area (Å²) in [6, 6.07) is 10.6. The molecule has 0 saturated heterocycles. The minimum atomic E-state index is -0.256. The normalized spacial score (nSPS) is 12.2. The van der Waals surface area contributed by atoms with E-state index in [-0.39, 0.29) is 11.3 Å². The number of nitrogens with one attached hydrogen (secondary N) is 1. The number of benzene rings is 1. The van der Waals surface area contributed by atoms with Crippen LogP contribution in [-0.4, -0.2) is 37.6 Å². The zero-order valence-corrected chi connectivity index (χ0v) is 14.3. The van der Waals surface area contributed by atoms with Crippen LogP contribution in [-0.2, 0) is 11.3 Å². The molecule has 0 radical (unpaired) electrons. The molecule has 0 unspecified atom stereocenters. The fraction of sp³-hybridized carbons (Fsp3) is 0.611. The third kappa shape index (κ3) is 6.30. The Morgan fingerprint density at radius 1 is 1.19 bits per heavy atom. The summed E-state index contributed by atoms with van der Waals surface area (Å²) in [6.07, 6.45) is 1.87. The Labute approximate surface area is 129 Å². The van der Waals surface area contributed by atoms with Crippen molar-refractivity contribution < 1.29 is 9.28 Å². The van der Waals surface area contributed by atoms with Gasteiger partial charge in [0.05, 0.1) is 20.6 Å². The van der Waals surface area contributed by atoms with E-state index in [0.29, 0.717) is 0 Å². The lowest BCUT2D eigenvalue weighted by Gasteiger charge is -2.30. The van der Waals surface area contributed by atoms with Gasteiger partial charge in [-0.15, -0.1) is 0 Å². The summed E-state index contributed by atoms with van der Waals surface area (Å²) >= 11 is 0. The number of carbonyl (C=O) groups excluding carboxylic acids is 1. The molecule has 1 aromatic carbocycles. The first-order valence-corrected chi connectivity index (χ1v) is 7.91. The van der Waals surface area contributed by atoms with Gasteiger partial charge in [-0.25, -0.2) is 0 Å². The fourth-order valence-corrected chi connectivity index (χ4v) is 2.27. The lowest BCUT2D eigenvalue weighted by molar-refractivity contribution is -0.903. The number of amides is 1. The Bertz CT molecular complexity index is 438. The molecule has 3 heteroatoms. The lowest BCUT2D eigenvalue weighted by atomic mass is 9.89. The molecule has 1 amide bonds. The second-order valence-electron chi connectivity index (χ2n) is 7.15. The van der Waals surface area contributed by atoms with Gasteiger partial charge in [-0.1, -0.05) is 51.1 Å². The molecule has 3 nitrogen and oxygen atoms in total. The zero-order valence-electron chi connectivity index (χ0n) is 14.3. The van der Waals surface area contributed by atoms with Crippen LogP contribution in [0.1, 0.15) is 39.2 Å². The van der Waals surface area contributed by atoms with Crippen molar-refractivity contribution in [2.75, 3.05) is 27.2 Å². The standard InChI is InChI=1S/C18H30N2O/c1-6-18(2,3)17(21)19-13-10-14-20(4,5)15-16-11-8-7-9-12-16/h7-9,11-12H,6,10,13-15H2,1-5H3/p+1. The molecule has 0 saturated carbocycles. The van der Waals surface area contributed by atoms with Gasteiger partial charge >= 0.3 is 0 Å². The highest BCUT2D eigenvalue weighted by Gasteiger charge is 2.24. The molecular formula is C18H31N2O+. The second-order valence-corrected chi connectivity index (χ2v) is 7.15. The Balaban J connectivity index is 2.33. The molecular weight excluding hydrogens is 260 g/mol. The predicted molar refractivity (Wildman–Crippen MR) is 88.8 cm³/mol. The number of carbonyl (C=O) groups is 1. The highest BCUT2D eigenvalue weighted by molar-refractivity contribution is 5.81.